The predicted molar refractivity (Wildman–Crippen MR) is 93.7 cm³/mol. The largest absolute Gasteiger partial charge is 0.351 e. The number of likely N-dealkylation sites (tertiary alicyclic amines) is 1. The summed E-state index contributed by atoms with van der Waals surface area (Å²) in [5.41, 5.74) is 1.35. The second-order valence-corrected chi connectivity index (χ2v) is 7.23. The molecule has 1 fully saturated rings. The van der Waals surface area contributed by atoms with Crippen LogP contribution in [0.2, 0.25) is 0 Å². The van der Waals surface area contributed by atoms with Crippen LogP contribution in [0.3, 0.4) is 0 Å². The van der Waals surface area contributed by atoms with Crippen LogP contribution in [0.1, 0.15) is 36.7 Å². The molecule has 0 bridgehead atoms. The summed E-state index contributed by atoms with van der Waals surface area (Å²) in [6.07, 6.45) is 3.58. The molecule has 0 aliphatic carbocycles. The van der Waals surface area contributed by atoms with Gasteiger partial charge in [0.1, 0.15) is 0 Å². The van der Waals surface area contributed by atoms with Crippen LogP contribution in [0.15, 0.2) is 23.6 Å². The van der Waals surface area contributed by atoms with Crippen molar-refractivity contribution in [2.24, 2.45) is 5.92 Å². The fourth-order valence-corrected chi connectivity index (χ4v) is 3.57. The molecule has 0 aromatic carbocycles. The SMILES string of the molecule is CC1CCN(CCCNC(=O)c2cc(-c3cccs3)[nH]n2)CC1. The molecule has 1 amide bonds. The number of piperidine rings is 1. The molecule has 2 N–H and O–H groups in total. The highest BCUT2D eigenvalue weighted by Gasteiger charge is 2.15. The minimum atomic E-state index is -0.101. The zero-order valence-electron chi connectivity index (χ0n) is 13.5. The van der Waals surface area contributed by atoms with E-state index in [-0.39, 0.29) is 5.91 Å². The summed E-state index contributed by atoms with van der Waals surface area (Å²) in [6, 6.07) is 5.81. The molecule has 3 heterocycles. The average molecular weight is 332 g/mol. The summed E-state index contributed by atoms with van der Waals surface area (Å²) in [5, 5.41) is 12.0. The molecule has 1 aliphatic heterocycles. The van der Waals surface area contributed by atoms with Crippen molar-refractivity contribution in [1.82, 2.24) is 20.4 Å². The molecule has 0 unspecified atom stereocenters. The lowest BCUT2D eigenvalue weighted by Crippen LogP contribution is -2.35. The molecule has 0 spiro atoms. The van der Waals surface area contributed by atoms with Crippen LogP contribution >= 0.6 is 11.3 Å². The number of aromatic amines is 1. The molecular formula is C17H24N4OS. The van der Waals surface area contributed by atoms with E-state index in [4.69, 9.17) is 0 Å². The Labute approximate surface area is 141 Å². The summed E-state index contributed by atoms with van der Waals surface area (Å²) in [4.78, 5) is 15.7. The molecule has 2 aromatic rings. The van der Waals surface area contributed by atoms with Gasteiger partial charge in [0.25, 0.3) is 5.91 Å². The molecule has 124 valence electrons. The van der Waals surface area contributed by atoms with Crippen LogP contribution < -0.4 is 5.32 Å². The third-order valence-electron chi connectivity index (χ3n) is 4.41. The number of nitrogens with one attached hydrogen (secondary N) is 2. The Hall–Kier alpha value is -1.66. The summed E-state index contributed by atoms with van der Waals surface area (Å²) in [7, 11) is 0. The topological polar surface area (TPSA) is 61.0 Å². The maximum Gasteiger partial charge on any atom is 0.271 e. The van der Waals surface area contributed by atoms with Crippen LogP contribution in [-0.2, 0) is 0 Å². The normalized spacial score (nSPS) is 16.6. The van der Waals surface area contributed by atoms with Gasteiger partial charge in [-0.05, 0) is 62.3 Å². The van der Waals surface area contributed by atoms with Gasteiger partial charge >= 0.3 is 0 Å². The number of nitrogens with zero attached hydrogens (tertiary/aromatic N) is 2. The third kappa shape index (κ3) is 4.42. The van der Waals surface area contributed by atoms with E-state index in [2.05, 4.69) is 27.3 Å². The van der Waals surface area contributed by atoms with Crippen LogP contribution in [-0.4, -0.2) is 47.2 Å². The monoisotopic (exact) mass is 332 g/mol. The van der Waals surface area contributed by atoms with Gasteiger partial charge in [-0.1, -0.05) is 13.0 Å². The van der Waals surface area contributed by atoms with Crippen molar-refractivity contribution in [3.63, 3.8) is 0 Å². The number of amides is 1. The summed E-state index contributed by atoms with van der Waals surface area (Å²) in [5.74, 6) is 0.763. The maximum absolute atomic E-state index is 12.1. The Bertz CT molecular complexity index is 614. The molecule has 0 atom stereocenters. The van der Waals surface area contributed by atoms with Gasteiger partial charge in [0.15, 0.2) is 5.69 Å². The number of rotatable bonds is 6. The smallest absolute Gasteiger partial charge is 0.271 e. The van der Waals surface area contributed by atoms with Gasteiger partial charge in [0, 0.05) is 6.54 Å². The standard InChI is InChI=1S/C17H24N4OS/c1-13-5-9-21(10-6-13)8-3-7-18-17(22)15-12-14(19-20-15)16-4-2-11-23-16/h2,4,11-13H,3,5-10H2,1H3,(H,18,22)(H,19,20). The van der Waals surface area contributed by atoms with Crippen LogP contribution in [0.25, 0.3) is 10.6 Å². The number of hydrogen-bond donors (Lipinski definition) is 2. The average Bonchev–Trinajstić information content (AvgIpc) is 3.23. The Kier molecular flexibility index (Phi) is 5.46. The first kappa shape index (κ1) is 16.2. The number of carbonyl (C=O) groups excluding carboxylic acids is 1. The molecule has 0 radical (unpaired) electrons. The number of thiophene rings is 1. The van der Waals surface area contributed by atoms with Gasteiger partial charge in [0.05, 0.1) is 10.6 Å². The first-order chi connectivity index (χ1) is 11.2. The molecule has 1 saturated heterocycles. The highest BCUT2D eigenvalue weighted by atomic mass is 32.1. The number of carbonyl (C=O) groups is 1. The van der Waals surface area contributed by atoms with E-state index in [1.165, 1.54) is 25.9 Å². The van der Waals surface area contributed by atoms with Gasteiger partial charge in [0.2, 0.25) is 0 Å². The quantitative estimate of drug-likeness (QED) is 0.800. The Balaban J connectivity index is 1.40. The van der Waals surface area contributed by atoms with Gasteiger partial charge in [-0.3, -0.25) is 9.89 Å². The van der Waals surface area contributed by atoms with Crippen LogP contribution in [0.4, 0.5) is 0 Å². The summed E-state index contributed by atoms with van der Waals surface area (Å²) in [6.45, 7) is 6.48. The zero-order chi connectivity index (χ0) is 16.1. The second-order valence-electron chi connectivity index (χ2n) is 6.28. The summed E-state index contributed by atoms with van der Waals surface area (Å²) < 4.78 is 0. The fraction of sp³-hybridized carbons (Fsp3) is 0.529. The van der Waals surface area contributed by atoms with Crippen molar-refractivity contribution >= 4 is 17.2 Å². The molecule has 0 saturated carbocycles. The molecule has 6 heteroatoms. The van der Waals surface area contributed by atoms with Gasteiger partial charge in [-0.15, -0.1) is 11.3 Å². The third-order valence-corrected chi connectivity index (χ3v) is 5.31. The maximum atomic E-state index is 12.1. The van der Waals surface area contributed by atoms with Gasteiger partial charge < -0.3 is 10.2 Å². The molecule has 3 rings (SSSR count). The molecule has 23 heavy (non-hydrogen) atoms. The lowest BCUT2D eigenvalue weighted by Gasteiger charge is -2.30. The van der Waals surface area contributed by atoms with E-state index < -0.39 is 0 Å². The number of hydrogen-bond acceptors (Lipinski definition) is 4. The van der Waals surface area contributed by atoms with Crippen molar-refractivity contribution in [2.75, 3.05) is 26.2 Å². The number of H-pyrrole nitrogens is 1. The lowest BCUT2D eigenvalue weighted by atomic mass is 9.99. The van der Waals surface area contributed by atoms with E-state index in [0.29, 0.717) is 12.2 Å². The lowest BCUT2D eigenvalue weighted by molar-refractivity contribution is 0.0945. The number of aromatic nitrogens is 2. The minimum Gasteiger partial charge on any atom is -0.351 e. The van der Waals surface area contributed by atoms with E-state index in [9.17, 15) is 4.79 Å². The van der Waals surface area contributed by atoms with Crippen molar-refractivity contribution in [1.29, 1.82) is 0 Å². The highest BCUT2D eigenvalue weighted by molar-refractivity contribution is 7.13. The van der Waals surface area contributed by atoms with E-state index >= 15 is 0 Å². The molecule has 1 aliphatic rings. The Morgan fingerprint density at radius 3 is 3.04 bits per heavy atom. The minimum absolute atomic E-state index is 0.101. The van der Waals surface area contributed by atoms with Gasteiger partial charge in [-0.25, -0.2) is 0 Å². The molecular weight excluding hydrogens is 308 g/mol. The van der Waals surface area contributed by atoms with Crippen molar-refractivity contribution in [2.45, 2.75) is 26.2 Å². The highest BCUT2D eigenvalue weighted by Crippen LogP contribution is 2.22. The van der Waals surface area contributed by atoms with Gasteiger partial charge in [-0.2, -0.15) is 5.10 Å². The fourth-order valence-electron chi connectivity index (χ4n) is 2.88. The summed E-state index contributed by atoms with van der Waals surface area (Å²) >= 11 is 1.63. The van der Waals surface area contributed by atoms with Crippen molar-refractivity contribution in [3.8, 4) is 10.6 Å². The Morgan fingerprint density at radius 1 is 1.48 bits per heavy atom. The van der Waals surface area contributed by atoms with E-state index in [1.807, 2.05) is 23.6 Å². The molecule has 5 nitrogen and oxygen atoms in total. The van der Waals surface area contributed by atoms with Crippen LogP contribution in [0.5, 0.6) is 0 Å². The second kappa shape index (κ2) is 7.75. The Morgan fingerprint density at radius 2 is 2.30 bits per heavy atom. The molecule has 2 aromatic heterocycles. The van der Waals surface area contributed by atoms with E-state index in [1.54, 1.807) is 11.3 Å². The first-order valence-electron chi connectivity index (χ1n) is 8.32. The van der Waals surface area contributed by atoms with Crippen LogP contribution in [0, 0.1) is 5.92 Å². The van der Waals surface area contributed by atoms with Crippen molar-refractivity contribution < 1.29 is 4.79 Å². The van der Waals surface area contributed by atoms with E-state index in [0.717, 1.165) is 29.5 Å². The van der Waals surface area contributed by atoms with Crippen molar-refractivity contribution in [3.05, 3.63) is 29.3 Å². The zero-order valence-corrected chi connectivity index (χ0v) is 14.4. The predicted octanol–water partition coefficient (Wildman–Crippen LogP) is 2.99. The first-order valence-corrected chi connectivity index (χ1v) is 9.20.